The van der Waals surface area contributed by atoms with Gasteiger partial charge in [-0.05, 0) is 37.6 Å². The van der Waals surface area contributed by atoms with Crippen molar-refractivity contribution in [2.45, 2.75) is 30.7 Å². The lowest BCUT2D eigenvalue weighted by molar-refractivity contribution is 0.286. The fourth-order valence-electron chi connectivity index (χ4n) is 3.04. The van der Waals surface area contributed by atoms with Crippen molar-refractivity contribution in [3.63, 3.8) is 0 Å². The molecule has 8 heteroatoms. The van der Waals surface area contributed by atoms with E-state index in [0.29, 0.717) is 17.8 Å². The van der Waals surface area contributed by atoms with E-state index in [-0.39, 0.29) is 15.8 Å². The molecule has 2 heterocycles. The highest BCUT2D eigenvalue weighted by molar-refractivity contribution is 7.89. The molecular weight excluding hydrogens is 334 g/mol. The molecule has 1 aromatic carbocycles. The van der Waals surface area contributed by atoms with Gasteiger partial charge in [-0.2, -0.15) is 4.31 Å². The fourth-order valence-corrected chi connectivity index (χ4v) is 5.58. The Kier molecular flexibility index (Phi) is 4.59. The quantitative estimate of drug-likeness (QED) is 0.899. The first-order valence-electron chi connectivity index (χ1n) is 7.76. The van der Waals surface area contributed by atoms with Crippen molar-refractivity contribution in [3.8, 4) is 0 Å². The predicted octanol–water partition coefficient (Wildman–Crippen LogP) is 1.36. The fraction of sp³-hybridized carbons (Fsp3) is 0.533. The number of aromatic nitrogens is 1. The van der Waals surface area contributed by atoms with Gasteiger partial charge in [0.25, 0.3) is 0 Å². The Morgan fingerprint density at radius 2 is 2.17 bits per heavy atom. The standard InChI is InChI=1S/C15H21N3O3S2/c1-3-16-11-5-4-8-18(10-11)23(20,21)12-6-7-13-14(9-12)22-15(19)17(13)2/h6-7,9,11,16H,3-5,8,10H2,1-2H3. The minimum Gasteiger partial charge on any atom is -0.313 e. The van der Waals surface area contributed by atoms with Gasteiger partial charge in [-0.3, -0.25) is 4.79 Å². The van der Waals surface area contributed by atoms with E-state index in [4.69, 9.17) is 0 Å². The number of piperidine rings is 1. The van der Waals surface area contributed by atoms with Gasteiger partial charge in [-0.25, -0.2) is 8.42 Å². The molecular formula is C15H21N3O3S2. The zero-order chi connectivity index (χ0) is 16.6. The molecule has 0 aliphatic carbocycles. The molecule has 1 fully saturated rings. The van der Waals surface area contributed by atoms with E-state index < -0.39 is 10.0 Å². The maximum absolute atomic E-state index is 12.9. The summed E-state index contributed by atoms with van der Waals surface area (Å²) in [5.74, 6) is 0. The maximum Gasteiger partial charge on any atom is 0.307 e. The number of benzene rings is 1. The molecule has 126 valence electrons. The largest absolute Gasteiger partial charge is 0.313 e. The molecule has 1 atom stereocenters. The highest BCUT2D eigenvalue weighted by atomic mass is 32.2. The third-order valence-electron chi connectivity index (χ3n) is 4.28. The van der Waals surface area contributed by atoms with E-state index >= 15 is 0 Å². The molecule has 1 aromatic heterocycles. The summed E-state index contributed by atoms with van der Waals surface area (Å²) in [6.45, 7) is 3.91. The van der Waals surface area contributed by atoms with Crippen LogP contribution in [0.5, 0.6) is 0 Å². The number of rotatable bonds is 4. The monoisotopic (exact) mass is 355 g/mol. The Hall–Kier alpha value is -1.22. The normalized spacial score (nSPS) is 20.2. The molecule has 0 saturated carbocycles. The summed E-state index contributed by atoms with van der Waals surface area (Å²) in [5, 5.41) is 3.33. The van der Waals surface area contributed by atoms with Crippen LogP contribution in [0.15, 0.2) is 27.9 Å². The van der Waals surface area contributed by atoms with Gasteiger partial charge in [-0.15, -0.1) is 0 Å². The van der Waals surface area contributed by atoms with Crippen LogP contribution in [0, 0.1) is 0 Å². The molecule has 0 radical (unpaired) electrons. The molecule has 0 amide bonds. The molecule has 3 rings (SSSR count). The summed E-state index contributed by atoms with van der Waals surface area (Å²) in [6, 6.07) is 5.14. The van der Waals surface area contributed by atoms with Gasteiger partial charge >= 0.3 is 4.87 Å². The van der Waals surface area contributed by atoms with Crippen molar-refractivity contribution in [2.24, 2.45) is 7.05 Å². The number of nitrogens with one attached hydrogen (secondary N) is 1. The van der Waals surface area contributed by atoms with Crippen molar-refractivity contribution in [3.05, 3.63) is 27.9 Å². The van der Waals surface area contributed by atoms with Crippen molar-refractivity contribution >= 4 is 31.6 Å². The topological polar surface area (TPSA) is 71.4 Å². The molecule has 1 N–H and O–H groups in total. The van der Waals surface area contributed by atoms with Gasteiger partial charge in [0.1, 0.15) is 0 Å². The molecule has 1 aliphatic rings. The number of hydrogen-bond acceptors (Lipinski definition) is 5. The van der Waals surface area contributed by atoms with Crippen LogP contribution >= 0.6 is 11.3 Å². The van der Waals surface area contributed by atoms with E-state index in [0.717, 1.165) is 36.2 Å². The third-order valence-corrected chi connectivity index (χ3v) is 7.13. The second-order valence-electron chi connectivity index (χ2n) is 5.82. The van der Waals surface area contributed by atoms with Crippen molar-refractivity contribution < 1.29 is 8.42 Å². The zero-order valence-electron chi connectivity index (χ0n) is 13.3. The minimum atomic E-state index is -3.52. The first-order valence-corrected chi connectivity index (χ1v) is 10.0. The number of nitrogens with zero attached hydrogens (tertiary/aromatic N) is 2. The van der Waals surface area contributed by atoms with E-state index in [2.05, 4.69) is 5.32 Å². The Morgan fingerprint density at radius 3 is 2.91 bits per heavy atom. The van der Waals surface area contributed by atoms with Crippen LogP contribution in [0.2, 0.25) is 0 Å². The van der Waals surface area contributed by atoms with E-state index in [9.17, 15) is 13.2 Å². The average molecular weight is 355 g/mol. The summed E-state index contributed by atoms with van der Waals surface area (Å²) in [7, 11) is -1.82. The maximum atomic E-state index is 12.9. The van der Waals surface area contributed by atoms with Gasteiger partial charge in [0.2, 0.25) is 10.0 Å². The van der Waals surface area contributed by atoms with Crippen molar-refractivity contribution in [1.29, 1.82) is 0 Å². The summed E-state index contributed by atoms with van der Waals surface area (Å²) in [6.07, 6.45) is 1.86. The molecule has 0 bridgehead atoms. The van der Waals surface area contributed by atoms with E-state index in [1.54, 1.807) is 34.1 Å². The second kappa shape index (κ2) is 6.35. The summed E-state index contributed by atoms with van der Waals surface area (Å²) < 4.78 is 29.6. The molecule has 1 saturated heterocycles. The van der Waals surface area contributed by atoms with Gasteiger partial charge in [-0.1, -0.05) is 18.3 Å². The van der Waals surface area contributed by atoms with Crippen molar-refractivity contribution in [2.75, 3.05) is 19.6 Å². The van der Waals surface area contributed by atoms with Crippen LogP contribution in [0.1, 0.15) is 19.8 Å². The van der Waals surface area contributed by atoms with Crippen LogP contribution in [0.3, 0.4) is 0 Å². The smallest absolute Gasteiger partial charge is 0.307 e. The van der Waals surface area contributed by atoms with Gasteiger partial charge in [0.15, 0.2) is 0 Å². The number of sulfonamides is 1. The second-order valence-corrected chi connectivity index (χ2v) is 8.75. The highest BCUT2D eigenvalue weighted by Gasteiger charge is 2.30. The molecule has 23 heavy (non-hydrogen) atoms. The Labute approximate surface area is 139 Å². The first kappa shape index (κ1) is 16.6. The molecule has 1 unspecified atom stereocenters. The summed E-state index contributed by atoms with van der Waals surface area (Å²) >= 11 is 1.08. The van der Waals surface area contributed by atoms with Crippen LogP contribution in [-0.4, -0.2) is 43.0 Å². The summed E-state index contributed by atoms with van der Waals surface area (Å²) in [5.41, 5.74) is 0.767. The lowest BCUT2D eigenvalue weighted by Gasteiger charge is -2.32. The minimum absolute atomic E-state index is 0.0836. The molecule has 0 spiro atoms. The summed E-state index contributed by atoms with van der Waals surface area (Å²) in [4.78, 5) is 11.9. The first-order chi connectivity index (χ1) is 10.9. The van der Waals surface area contributed by atoms with Crippen molar-refractivity contribution in [1.82, 2.24) is 14.2 Å². The number of hydrogen-bond donors (Lipinski definition) is 1. The van der Waals surface area contributed by atoms with Gasteiger partial charge in [0.05, 0.1) is 15.1 Å². The Morgan fingerprint density at radius 1 is 1.39 bits per heavy atom. The van der Waals surface area contributed by atoms with E-state index in [1.807, 2.05) is 6.92 Å². The van der Waals surface area contributed by atoms with E-state index in [1.165, 1.54) is 0 Å². The van der Waals surface area contributed by atoms with Crippen LogP contribution in [0.25, 0.3) is 10.2 Å². The number of fused-ring (bicyclic) bond motifs is 1. The van der Waals surface area contributed by atoms with Crippen LogP contribution in [0.4, 0.5) is 0 Å². The third kappa shape index (κ3) is 3.08. The predicted molar refractivity (Wildman–Crippen MR) is 92.5 cm³/mol. The molecule has 1 aliphatic heterocycles. The molecule has 6 nitrogen and oxygen atoms in total. The highest BCUT2D eigenvalue weighted by Crippen LogP contribution is 2.25. The van der Waals surface area contributed by atoms with Crippen LogP contribution in [-0.2, 0) is 17.1 Å². The van der Waals surface area contributed by atoms with Gasteiger partial charge < -0.3 is 9.88 Å². The molecule has 2 aromatic rings. The van der Waals surface area contributed by atoms with Gasteiger partial charge in [0, 0.05) is 26.2 Å². The Balaban J connectivity index is 1.94. The number of likely N-dealkylation sites (N-methyl/N-ethyl adjacent to an activating group) is 1. The van der Waals surface area contributed by atoms with Crippen LogP contribution < -0.4 is 10.2 Å². The number of aryl methyl sites for hydroxylation is 1. The SMILES string of the molecule is CCNC1CCCN(S(=O)(=O)c2ccc3c(c2)sc(=O)n3C)C1. The number of thiazole rings is 1. The Bertz CT molecular complexity index is 868. The average Bonchev–Trinajstić information content (AvgIpc) is 2.82. The lowest BCUT2D eigenvalue weighted by Crippen LogP contribution is -2.47. The lowest BCUT2D eigenvalue weighted by atomic mass is 10.1. The zero-order valence-corrected chi connectivity index (χ0v) is 14.9.